The largest absolute Gasteiger partial charge is 0.497 e. The molecule has 1 amide bonds. The number of methoxy groups -OCH3 is 1. The second-order valence-electron chi connectivity index (χ2n) is 5.93. The number of aryl methyl sites for hydroxylation is 2. The van der Waals surface area contributed by atoms with Crippen molar-refractivity contribution >= 4 is 11.6 Å². The molecule has 3 rings (SSSR count). The number of hydrogen-bond donors (Lipinski definition) is 1. The second kappa shape index (κ2) is 7.21. The van der Waals surface area contributed by atoms with Crippen LogP contribution in [-0.4, -0.2) is 22.8 Å². The highest BCUT2D eigenvalue weighted by molar-refractivity contribution is 5.94. The smallest absolute Gasteiger partial charge is 0.228 e. The third kappa shape index (κ3) is 3.88. The molecule has 0 aliphatic rings. The number of benzene rings is 2. The first-order chi connectivity index (χ1) is 12.1. The van der Waals surface area contributed by atoms with E-state index < -0.39 is 0 Å². The number of ether oxygens (including phenoxy) is 1. The standard InChI is InChI=1S/C20H21N3O2/c1-14-11-15(2)23(22-14)19-10-5-4-9-18(19)21-20(24)13-16-7-6-8-17(12-16)25-3/h4-12H,13H2,1-3H3,(H,21,24). The van der Waals surface area contributed by atoms with E-state index in [4.69, 9.17) is 4.74 Å². The molecule has 0 spiro atoms. The fourth-order valence-electron chi connectivity index (χ4n) is 2.80. The van der Waals surface area contributed by atoms with Gasteiger partial charge in [0.15, 0.2) is 0 Å². The van der Waals surface area contributed by atoms with Gasteiger partial charge in [-0.05, 0) is 49.7 Å². The van der Waals surface area contributed by atoms with Crippen LogP contribution in [-0.2, 0) is 11.2 Å². The molecule has 0 radical (unpaired) electrons. The lowest BCUT2D eigenvalue weighted by Gasteiger charge is -2.12. The average molecular weight is 335 g/mol. The molecule has 2 aromatic carbocycles. The summed E-state index contributed by atoms with van der Waals surface area (Å²) in [5, 5.41) is 7.49. The van der Waals surface area contributed by atoms with Gasteiger partial charge >= 0.3 is 0 Å². The van der Waals surface area contributed by atoms with Crippen LogP contribution in [0.1, 0.15) is 17.0 Å². The van der Waals surface area contributed by atoms with Gasteiger partial charge in [-0.15, -0.1) is 0 Å². The van der Waals surface area contributed by atoms with E-state index in [1.165, 1.54) is 0 Å². The molecule has 5 heteroatoms. The van der Waals surface area contributed by atoms with Crippen LogP contribution in [0.4, 0.5) is 5.69 Å². The normalized spacial score (nSPS) is 10.5. The maximum atomic E-state index is 12.5. The molecule has 1 N–H and O–H groups in total. The van der Waals surface area contributed by atoms with Crippen molar-refractivity contribution in [2.24, 2.45) is 0 Å². The minimum atomic E-state index is -0.0813. The van der Waals surface area contributed by atoms with Gasteiger partial charge in [0, 0.05) is 5.69 Å². The number of anilines is 1. The maximum absolute atomic E-state index is 12.5. The molecule has 5 nitrogen and oxygen atoms in total. The lowest BCUT2D eigenvalue weighted by atomic mass is 10.1. The Labute approximate surface area is 147 Å². The molecule has 1 heterocycles. The van der Waals surface area contributed by atoms with Crippen LogP contribution in [0.5, 0.6) is 5.75 Å². The van der Waals surface area contributed by atoms with Crippen molar-refractivity contribution in [3.63, 3.8) is 0 Å². The Morgan fingerprint density at radius 1 is 1.12 bits per heavy atom. The predicted octanol–water partition coefficient (Wildman–Crippen LogP) is 3.68. The quantitative estimate of drug-likeness (QED) is 0.774. The topological polar surface area (TPSA) is 56.1 Å². The number of rotatable bonds is 5. The number of amides is 1. The summed E-state index contributed by atoms with van der Waals surface area (Å²) in [7, 11) is 1.61. The van der Waals surface area contributed by atoms with Gasteiger partial charge < -0.3 is 10.1 Å². The number of para-hydroxylation sites is 2. The number of carbonyl (C=O) groups excluding carboxylic acids is 1. The highest BCUT2D eigenvalue weighted by atomic mass is 16.5. The van der Waals surface area contributed by atoms with Crippen molar-refractivity contribution < 1.29 is 9.53 Å². The SMILES string of the molecule is COc1cccc(CC(=O)Nc2ccccc2-n2nc(C)cc2C)c1. The van der Waals surface area contributed by atoms with Gasteiger partial charge in [-0.1, -0.05) is 24.3 Å². The first-order valence-electron chi connectivity index (χ1n) is 8.12. The summed E-state index contributed by atoms with van der Waals surface area (Å²) >= 11 is 0. The fraction of sp³-hybridized carbons (Fsp3) is 0.200. The highest BCUT2D eigenvalue weighted by Gasteiger charge is 2.11. The lowest BCUT2D eigenvalue weighted by Crippen LogP contribution is -2.16. The Kier molecular flexibility index (Phi) is 4.84. The van der Waals surface area contributed by atoms with Crippen LogP contribution in [0.2, 0.25) is 0 Å². The zero-order valence-electron chi connectivity index (χ0n) is 14.6. The molecule has 0 aliphatic heterocycles. The van der Waals surface area contributed by atoms with Gasteiger partial charge in [-0.3, -0.25) is 4.79 Å². The van der Waals surface area contributed by atoms with Gasteiger partial charge in [0.2, 0.25) is 5.91 Å². The van der Waals surface area contributed by atoms with E-state index in [9.17, 15) is 4.79 Å². The molecule has 1 aromatic heterocycles. The predicted molar refractivity (Wildman–Crippen MR) is 98.4 cm³/mol. The summed E-state index contributed by atoms with van der Waals surface area (Å²) in [6, 6.07) is 17.2. The number of nitrogens with one attached hydrogen (secondary N) is 1. The minimum absolute atomic E-state index is 0.0813. The molecule has 25 heavy (non-hydrogen) atoms. The van der Waals surface area contributed by atoms with Crippen molar-refractivity contribution in [3.8, 4) is 11.4 Å². The van der Waals surface area contributed by atoms with Crippen LogP contribution in [0.3, 0.4) is 0 Å². The van der Waals surface area contributed by atoms with Crippen molar-refractivity contribution in [2.75, 3.05) is 12.4 Å². The Bertz CT molecular complexity index is 899. The van der Waals surface area contributed by atoms with E-state index in [1.54, 1.807) is 7.11 Å². The highest BCUT2D eigenvalue weighted by Crippen LogP contribution is 2.22. The van der Waals surface area contributed by atoms with Gasteiger partial charge in [0.05, 0.1) is 30.6 Å². The molecule has 3 aromatic rings. The van der Waals surface area contributed by atoms with Crippen molar-refractivity contribution in [1.29, 1.82) is 0 Å². The van der Waals surface area contributed by atoms with Crippen LogP contribution in [0.15, 0.2) is 54.6 Å². The summed E-state index contributed by atoms with van der Waals surface area (Å²) in [6.45, 7) is 3.95. The third-order valence-electron chi connectivity index (χ3n) is 3.91. The second-order valence-corrected chi connectivity index (χ2v) is 5.93. The summed E-state index contributed by atoms with van der Waals surface area (Å²) in [4.78, 5) is 12.5. The molecule has 0 aliphatic carbocycles. The molecule has 0 unspecified atom stereocenters. The molecular formula is C20H21N3O2. The van der Waals surface area contributed by atoms with E-state index >= 15 is 0 Å². The zero-order valence-corrected chi connectivity index (χ0v) is 14.6. The van der Waals surface area contributed by atoms with Crippen molar-refractivity contribution in [1.82, 2.24) is 9.78 Å². The minimum Gasteiger partial charge on any atom is -0.497 e. The first kappa shape index (κ1) is 16.8. The van der Waals surface area contributed by atoms with E-state index in [1.807, 2.05) is 73.1 Å². The molecule has 128 valence electrons. The summed E-state index contributed by atoms with van der Waals surface area (Å²) in [6.07, 6.45) is 0.280. The first-order valence-corrected chi connectivity index (χ1v) is 8.12. The van der Waals surface area contributed by atoms with E-state index in [-0.39, 0.29) is 12.3 Å². The Morgan fingerprint density at radius 2 is 1.92 bits per heavy atom. The molecule has 0 saturated carbocycles. The van der Waals surface area contributed by atoms with Gasteiger partial charge in [-0.25, -0.2) is 4.68 Å². The molecule has 0 fully saturated rings. The zero-order chi connectivity index (χ0) is 17.8. The van der Waals surface area contributed by atoms with Gasteiger partial charge in [0.25, 0.3) is 0 Å². The Morgan fingerprint density at radius 3 is 2.64 bits per heavy atom. The van der Waals surface area contributed by atoms with Crippen LogP contribution in [0.25, 0.3) is 5.69 Å². The van der Waals surface area contributed by atoms with Crippen LogP contribution in [0, 0.1) is 13.8 Å². The molecule has 0 saturated heterocycles. The Hall–Kier alpha value is -3.08. The summed E-state index contributed by atoms with van der Waals surface area (Å²) in [5.41, 5.74) is 4.45. The molecular weight excluding hydrogens is 314 g/mol. The molecule has 0 atom stereocenters. The molecule has 0 bridgehead atoms. The van der Waals surface area contributed by atoms with Gasteiger partial charge in [0.1, 0.15) is 5.75 Å². The van der Waals surface area contributed by atoms with Crippen molar-refractivity contribution in [3.05, 3.63) is 71.5 Å². The Balaban J connectivity index is 1.81. The van der Waals surface area contributed by atoms with E-state index in [2.05, 4.69) is 10.4 Å². The number of nitrogens with zero attached hydrogens (tertiary/aromatic N) is 2. The monoisotopic (exact) mass is 335 g/mol. The summed E-state index contributed by atoms with van der Waals surface area (Å²) < 4.78 is 7.05. The lowest BCUT2D eigenvalue weighted by molar-refractivity contribution is -0.115. The number of aromatic nitrogens is 2. The van der Waals surface area contributed by atoms with E-state index in [0.717, 1.165) is 34.1 Å². The average Bonchev–Trinajstić information content (AvgIpc) is 2.93. The van der Waals surface area contributed by atoms with Crippen LogP contribution >= 0.6 is 0 Å². The van der Waals surface area contributed by atoms with Crippen molar-refractivity contribution in [2.45, 2.75) is 20.3 Å². The fourth-order valence-corrected chi connectivity index (χ4v) is 2.80. The van der Waals surface area contributed by atoms with Gasteiger partial charge in [-0.2, -0.15) is 5.10 Å². The van der Waals surface area contributed by atoms with E-state index in [0.29, 0.717) is 0 Å². The summed E-state index contributed by atoms with van der Waals surface area (Å²) in [5.74, 6) is 0.663. The van der Waals surface area contributed by atoms with Crippen LogP contribution < -0.4 is 10.1 Å². The maximum Gasteiger partial charge on any atom is 0.228 e. The third-order valence-corrected chi connectivity index (χ3v) is 3.91. The number of hydrogen-bond acceptors (Lipinski definition) is 3. The number of carbonyl (C=O) groups is 1.